The van der Waals surface area contributed by atoms with Crippen molar-refractivity contribution in [1.29, 1.82) is 0 Å². The largest absolute Gasteiger partial charge is 0.494 e. The predicted octanol–water partition coefficient (Wildman–Crippen LogP) is 1.29. The highest BCUT2D eigenvalue weighted by Crippen LogP contribution is 2.26. The summed E-state index contributed by atoms with van der Waals surface area (Å²) in [6, 6.07) is 5.92. The minimum atomic E-state index is -0.285. The highest BCUT2D eigenvalue weighted by Gasteiger charge is 2.30. The molecular formula is C18H28N2O4. The zero-order valence-corrected chi connectivity index (χ0v) is 14.5. The molecule has 6 nitrogen and oxygen atoms in total. The fraction of sp³-hybridized carbons (Fsp3) is 0.611. The van der Waals surface area contributed by atoms with Gasteiger partial charge in [0.2, 0.25) is 5.91 Å². The van der Waals surface area contributed by atoms with Crippen molar-refractivity contribution >= 4 is 5.91 Å². The lowest BCUT2D eigenvalue weighted by Gasteiger charge is -2.37. The second-order valence-electron chi connectivity index (χ2n) is 6.26. The Labute approximate surface area is 143 Å². The number of carbonyl (C=O) groups is 1. The van der Waals surface area contributed by atoms with E-state index in [0.29, 0.717) is 13.0 Å². The first-order chi connectivity index (χ1) is 11.6. The molecule has 1 aromatic rings. The first kappa shape index (κ1) is 18.7. The van der Waals surface area contributed by atoms with Crippen molar-refractivity contribution in [2.45, 2.75) is 39.0 Å². The second kappa shape index (κ2) is 9.01. The van der Waals surface area contributed by atoms with Crippen LogP contribution in [0.3, 0.4) is 0 Å². The van der Waals surface area contributed by atoms with Gasteiger partial charge < -0.3 is 20.3 Å². The van der Waals surface area contributed by atoms with E-state index in [0.717, 1.165) is 42.9 Å². The zero-order valence-electron chi connectivity index (χ0n) is 14.5. The maximum absolute atomic E-state index is 11.3. The summed E-state index contributed by atoms with van der Waals surface area (Å²) >= 11 is 0. The number of carbonyl (C=O) groups excluding carboxylic acids is 1. The molecule has 24 heavy (non-hydrogen) atoms. The standard InChI is InChI=1S/C18H28N2O4/c1-3-24-17-5-4-13(8-15(17)12-21)10-20-7-6-16(23-2)14(11-20)9-18(19)22/h4-5,8,14,16,21H,3,6-7,9-12H2,1-2H3,(H2,19,22)/t14-,16-/m1/s1. The number of aliphatic hydroxyl groups excluding tert-OH is 1. The fourth-order valence-corrected chi connectivity index (χ4v) is 3.40. The molecule has 0 unspecified atom stereocenters. The maximum Gasteiger partial charge on any atom is 0.217 e. The van der Waals surface area contributed by atoms with Crippen LogP contribution in [0.15, 0.2) is 18.2 Å². The van der Waals surface area contributed by atoms with Crippen molar-refractivity contribution in [2.75, 3.05) is 26.8 Å². The van der Waals surface area contributed by atoms with Crippen LogP contribution in [0.1, 0.15) is 30.9 Å². The molecule has 0 spiro atoms. The molecule has 2 rings (SSSR count). The van der Waals surface area contributed by atoms with Crippen LogP contribution in [-0.4, -0.2) is 48.8 Å². The topological polar surface area (TPSA) is 85.0 Å². The Morgan fingerprint density at radius 3 is 2.88 bits per heavy atom. The molecule has 6 heteroatoms. The Balaban J connectivity index is 2.03. The first-order valence-corrected chi connectivity index (χ1v) is 8.46. The lowest BCUT2D eigenvalue weighted by molar-refractivity contribution is -0.121. The van der Waals surface area contributed by atoms with E-state index in [9.17, 15) is 9.90 Å². The number of nitrogens with two attached hydrogens (primary N) is 1. The number of methoxy groups -OCH3 is 1. The summed E-state index contributed by atoms with van der Waals surface area (Å²) in [7, 11) is 1.69. The van der Waals surface area contributed by atoms with E-state index in [1.54, 1.807) is 7.11 Å². The maximum atomic E-state index is 11.3. The molecule has 1 heterocycles. The average Bonchev–Trinajstić information content (AvgIpc) is 2.56. The van der Waals surface area contributed by atoms with Crippen molar-refractivity contribution in [1.82, 2.24) is 4.90 Å². The number of likely N-dealkylation sites (tertiary alicyclic amines) is 1. The minimum Gasteiger partial charge on any atom is -0.494 e. The molecule has 1 aliphatic heterocycles. The van der Waals surface area contributed by atoms with Gasteiger partial charge >= 0.3 is 0 Å². The van der Waals surface area contributed by atoms with Crippen LogP contribution in [0.5, 0.6) is 5.75 Å². The smallest absolute Gasteiger partial charge is 0.217 e. The summed E-state index contributed by atoms with van der Waals surface area (Å²) in [5, 5.41) is 9.52. The monoisotopic (exact) mass is 336 g/mol. The quantitative estimate of drug-likeness (QED) is 0.747. The van der Waals surface area contributed by atoms with Gasteiger partial charge in [0, 0.05) is 44.6 Å². The van der Waals surface area contributed by atoms with Crippen LogP contribution in [0, 0.1) is 5.92 Å². The summed E-state index contributed by atoms with van der Waals surface area (Å²) in [6.45, 7) is 4.92. The number of nitrogens with zero attached hydrogens (tertiary/aromatic N) is 1. The van der Waals surface area contributed by atoms with Crippen LogP contribution < -0.4 is 10.5 Å². The number of rotatable bonds is 8. The zero-order chi connectivity index (χ0) is 17.5. The molecule has 0 aromatic heterocycles. The van der Waals surface area contributed by atoms with Gasteiger partial charge in [0.25, 0.3) is 0 Å². The van der Waals surface area contributed by atoms with Gasteiger partial charge in [0.1, 0.15) is 5.75 Å². The Kier molecular flexibility index (Phi) is 7.02. The SMILES string of the molecule is CCOc1ccc(CN2CC[C@@H](OC)[C@H](CC(N)=O)C2)cc1CO. The van der Waals surface area contributed by atoms with Gasteiger partial charge in [-0.3, -0.25) is 9.69 Å². The van der Waals surface area contributed by atoms with Crippen molar-refractivity contribution in [3.63, 3.8) is 0 Å². The van der Waals surface area contributed by atoms with Gasteiger partial charge in [-0.15, -0.1) is 0 Å². The van der Waals surface area contributed by atoms with E-state index in [1.807, 2.05) is 25.1 Å². The van der Waals surface area contributed by atoms with Crippen LogP contribution in [0.25, 0.3) is 0 Å². The van der Waals surface area contributed by atoms with Crippen molar-refractivity contribution in [3.8, 4) is 5.75 Å². The molecular weight excluding hydrogens is 308 g/mol. The summed E-state index contributed by atoms with van der Waals surface area (Å²) in [6.07, 6.45) is 1.32. The van der Waals surface area contributed by atoms with Crippen LogP contribution in [-0.2, 0) is 22.7 Å². The van der Waals surface area contributed by atoms with Gasteiger partial charge in [-0.2, -0.15) is 0 Å². The predicted molar refractivity (Wildman–Crippen MR) is 91.5 cm³/mol. The fourth-order valence-electron chi connectivity index (χ4n) is 3.40. The van der Waals surface area contributed by atoms with E-state index in [2.05, 4.69) is 4.90 Å². The molecule has 0 saturated carbocycles. The third-order valence-electron chi connectivity index (χ3n) is 4.52. The number of hydrogen-bond donors (Lipinski definition) is 2. The van der Waals surface area contributed by atoms with Gasteiger partial charge in [0.05, 0.1) is 19.3 Å². The first-order valence-electron chi connectivity index (χ1n) is 8.46. The van der Waals surface area contributed by atoms with E-state index in [4.69, 9.17) is 15.2 Å². The van der Waals surface area contributed by atoms with E-state index in [-0.39, 0.29) is 24.5 Å². The Hall–Kier alpha value is -1.63. The molecule has 0 radical (unpaired) electrons. The molecule has 2 atom stereocenters. The lowest BCUT2D eigenvalue weighted by atomic mass is 9.91. The Morgan fingerprint density at radius 2 is 2.25 bits per heavy atom. The molecule has 1 fully saturated rings. The van der Waals surface area contributed by atoms with Crippen LogP contribution in [0.4, 0.5) is 0 Å². The van der Waals surface area contributed by atoms with Gasteiger partial charge in [-0.1, -0.05) is 6.07 Å². The Bertz CT molecular complexity index is 550. The number of piperidine rings is 1. The van der Waals surface area contributed by atoms with Gasteiger partial charge in [-0.05, 0) is 31.0 Å². The van der Waals surface area contributed by atoms with Crippen molar-refractivity contribution in [3.05, 3.63) is 29.3 Å². The second-order valence-corrected chi connectivity index (χ2v) is 6.26. The van der Waals surface area contributed by atoms with E-state index < -0.39 is 0 Å². The third kappa shape index (κ3) is 4.93. The van der Waals surface area contributed by atoms with E-state index >= 15 is 0 Å². The highest BCUT2D eigenvalue weighted by atomic mass is 16.5. The van der Waals surface area contributed by atoms with E-state index in [1.165, 1.54) is 0 Å². The average molecular weight is 336 g/mol. The normalized spacial score (nSPS) is 21.6. The van der Waals surface area contributed by atoms with Gasteiger partial charge in [-0.25, -0.2) is 0 Å². The van der Waals surface area contributed by atoms with Gasteiger partial charge in [0.15, 0.2) is 0 Å². The van der Waals surface area contributed by atoms with Crippen molar-refractivity contribution in [2.24, 2.45) is 11.7 Å². The van der Waals surface area contributed by atoms with Crippen molar-refractivity contribution < 1.29 is 19.4 Å². The summed E-state index contributed by atoms with van der Waals surface area (Å²) < 4.78 is 11.0. The third-order valence-corrected chi connectivity index (χ3v) is 4.52. The molecule has 1 aromatic carbocycles. The number of primary amides is 1. The molecule has 1 amide bonds. The molecule has 0 aliphatic carbocycles. The summed E-state index contributed by atoms with van der Waals surface area (Å²) in [5.41, 5.74) is 7.29. The molecule has 0 bridgehead atoms. The summed E-state index contributed by atoms with van der Waals surface area (Å²) in [4.78, 5) is 13.6. The number of ether oxygens (including phenoxy) is 2. The molecule has 134 valence electrons. The van der Waals surface area contributed by atoms with Crippen LogP contribution in [0.2, 0.25) is 0 Å². The minimum absolute atomic E-state index is 0.0424. The number of amides is 1. The highest BCUT2D eigenvalue weighted by molar-refractivity contribution is 5.74. The van der Waals surface area contributed by atoms with Crippen LogP contribution >= 0.6 is 0 Å². The Morgan fingerprint density at radius 1 is 1.46 bits per heavy atom. The number of aliphatic hydroxyl groups is 1. The molecule has 3 N–H and O–H groups in total. The summed E-state index contributed by atoms with van der Waals surface area (Å²) in [5.74, 6) is 0.572. The lowest BCUT2D eigenvalue weighted by Crippen LogP contribution is -2.44. The molecule has 1 saturated heterocycles. The molecule has 1 aliphatic rings. The number of hydrogen-bond acceptors (Lipinski definition) is 5. The number of benzene rings is 1.